The lowest BCUT2D eigenvalue weighted by atomic mass is 10.1. The maximum Gasteiger partial charge on any atom is 0.123 e. The standard InChI is InChI=1S/C15H21FN4/c1-3-19-11-12(10-18-19)15(9-17)20(4-2)14-7-5-13(16)6-8-14/h5-8,10-11,15H,3-4,9,17H2,1-2H3. The van der Waals surface area contributed by atoms with E-state index in [0.717, 1.165) is 24.3 Å². The average Bonchev–Trinajstić information content (AvgIpc) is 2.94. The third-order valence-corrected chi connectivity index (χ3v) is 3.46. The van der Waals surface area contributed by atoms with E-state index in [1.54, 1.807) is 12.1 Å². The van der Waals surface area contributed by atoms with Crippen LogP contribution in [0.5, 0.6) is 0 Å². The predicted octanol–water partition coefficient (Wildman–Crippen LogP) is 2.57. The van der Waals surface area contributed by atoms with Gasteiger partial charge >= 0.3 is 0 Å². The molecule has 0 aliphatic rings. The summed E-state index contributed by atoms with van der Waals surface area (Å²) in [5, 5.41) is 4.30. The van der Waals surface area contributed by atoms with E-state index in [1.165, 1.54) is 12.1 Å². The maximum atomic E-state index is 13.1. The van der Waals surface area contributed by atoms with Crippen LogP contribution in [-0.4, -0.2) is 22.9 Å². The van der Waals surface area contributed by atoms with Gasteiger partial charge in [-0.1, -0.05) is 0 Å². The van der Waals surface area contributed by atoms with Crippen LogP contribution in [-0.2, 0) is 6.54 Å². The molecule has 1 aromatic carbocycles. The fraction of sp³-hybridized carbons (Fsp3) is 0.400. The molecule has 0 aliphatic heterocycles. The maximum absolute atomic E-state index is 13.1. The molecule has 0 bridgehead atoms. The van der Waals surface area contributed by atoms with Crippen molar-refractivity contribution in [1.29, 1.82) is 0 Å². The summed E-state index contributed by atoms with van der Waals surface area (Å²) in [5.41, 5.74) is 8.00. The summed E-state index contributed by atoms with van der Waals surface area (Å²) in [6, 6.07) is 6.56. The van der Waals surface area contributed by atoms with Gasteiger partial charge in [0.25, 0.3) is 0 Å². The van der Waals surface area contributed by atoms with Crippen LogP contribution in [0.15, 0.2) is 36.7 Å². The Balaban J connectivity index is 2.29. The number of benzene rings is 1. The molecular formula is C15H21FN4. The third kappa shape index (κ3) is 2.99. The molecule has 2 aromatic rings. The van der Waals surface area contributed by atoms with Crippen LogP contribution in [0.25, 0.3) is 0 Å². The zero-order chi connectivity index (χ0) is 14.5. The van der Waals surface area contributed by atoms with Crippen LogP contribution in [0, 0.1) is 5.82 Å². The first kappa shape index (κ1) is 14.5. The largest absolute Gasteiger partial charge is 0.363 e. The molecule has 0 fully saturated rings. The highest BCUT2D eigenvalue weighted by atomic mass is 19.1. The van der Waals surface area contributed by atoms with E-state index in [1.807, 2.05) is 24.0 Å². The Morgan fingerprint density at radius 2 is 2.00 bits per heavy atom. The minimum absolute atomic E-state index is 0.0470. The van der Waals surface area contributed by atoms with Gasteiger partial charge in [0, 0.05) is 37.1 Å². The highest BCUT2D eigenvalue weighted by Crippen LogP contribution is 2.26. The monoisotopic (exact) mass is 276 g/mol. The lowest BCUT2D eigenvalue weighted by molar-refractivity contribution is 0.621. The summed E-state index contributed by atoms with van der Waals surface area (Å²) in [6.45, 7) is 6.23. The highest BCUT2D eigenvalue weighted by Gasteiger charge is 2.19. The summed E-state index contributed by atoms with van der Waals surface area (Å²) in [5.74, 6) is -0.229. The molecule has 5 heteroatoms. The zero-order valence-electron chi connectivity index (χ0n) is 12.0. The van der Waals surface area contributed by atoms with E-state index in [0.29, 0.717) is 6.54 Å². The summed E-state index contributed by atoms with van der Waals surface area (Å²) in [7, 11) is 0. The van der Waals surface area contributed by atoms with Gasteiger partial charge in [-0.3, -0.25) is 4.68 Å². The van der Waals surface area contributed by atoms with E-state index in [4.69, 9.17) is 5.73 Å². The number of rotatable bonds is 6. The second kappa shape index (κ2) is 6.52. The minimum Gasteiger partial charge on any atom is -0.363 e. The van der Waals surface area contributed by atoms with Gasteiger partial charge in [0.2, 0.25) is 0 Å². The number of halogens is 1. The van der Waals surface area contributed by atoms with Crippen LogP contribution >= 0.6 is 0 Å². The fourth-order valence-corrected chi connectivity index (χ4v) is 2.38. The Morgan fingerprint density at radius 3 is 2.50 bits per heavy atom. The Labute approximate surface area is 119 Å². The van der Waals surface area contributed by atoms with E-state index >= 15 is 0 Å². The molecule has 1 atom stereocenters. The predicted molar refractivity (Wildman–Crippen MR) is 79.1 cm³/mol. The molecule has 4 nitrogen and oxygen atoms in total. The average molecular weight is 276 g/mol. The number of anilines is 1. The quantitative estimate of drug-likeness (QED) is 0.882. The molecule has 1 aromatic heterocycles. The molecule has 0 amide bonds. The van der Waals surface area contributed by atoms with E-state index in [-0.39, 0.29) is 11.9 Å². The van der Waals surface area contributed by atoms with Crippen molar-refractivity contribution in [2.45, 2.75) is 26.4 Å². The molecular weight excluding hydrogens is 255 g/mol. The Bertz CT molecular complexity index is 535. The molecule has 20 heavy (non-hydrogen) atoms. The lowest BCUT2D eigenvalue weighted by Gasteiger charge is -2.31. The van der Waals surface area contributed by atoms with Crippen molar-refractivity contribution in [3.05, 3.63) is 48.0 Å². The van der Waals surface area contributed by atoms with Crippen molar-refractivity contribution >= 4 is 5.69 Å². The lowest BCUT2D eigenvalue weighted by Crippen LogP contribution is -2.33. The van der Waals surface area contributed by atoms with Crippen LogP contribution in [0.1, 0.15) is 25.5 Å². The van der Waals surface area contributed by atoms with Crippen molar-refractivity contribution < 1.29 is 4.39 Å². The highest BCUT2D eigenvalue weighted by molar-refractivity contribution is 5.48. The van der Waals surface area contributed by atoms with Crippen LogP contribution in [0.4, 0.5) is 10.1 Å². The molecule has 0 saturated heterocycles. The number of aryl methyl sites for hydroxylation is 1. The van der Waals surface area contributed by atoms with Gasteiger partial charge in [0.05, 0.1) is 12.2 Å². The molecule has 108 valence electrons. The summed E-state index contributed by atoms with van der Waals surface area (Å²) in [4.78, 5) is 2.16. The van der Waals surface area contributed by atoms with Gasteiger partial charge in [-0.2, -0.15) is 5.10 Å². The number of hydrogen-bond acceptors (Lipinski definition) is 3. The topological polar surface area (TPSA) is 47.1 Å². The van der Waals surface area contributed by atoms with E-state index in [2.05, 4.69) is 16.9 Å². The number of nitrogens with two attached hydrogens (primary N) is 1. The van der Waals surface area contributed by atoms with Gasteiger partial charge in [0.1, 0.15) is 5.82 Å². The third-order valence-electron chi connectivity index (χ3n) is 3.46. The second-order valence-corrected chi connectivity index (χ2v) is 4.64. The van der Waals surface area contributed by atoms with Crippen molar-refractivity contribution in [2.24, 2.45) is 5.73 Å². The van der Waals surface area contributed by atoms with Crippen LogP contribution in [0.2, 0.25) is 0 Å². The zero-order valence-corrected chi connectivity index (χ0v) is 12.0. The van der Waals surface area contributed by atoms with Gasteiger partial charge in [-0.15, -0.1) is 0 Å². The van der Waals surface area contributed by atoms with Crippen LogP contribution in [0.3, 0.4) is 0 Å². The van der Waals surface area contributed by atoms with Gasteiger partial charge < -0.3 is 10.6 Å². The van der Waals surface area contributed by atoms with Gasteiger partial charge in [0.15, 0.2) is 0 Å². The molecule has 0 radical (unpaired) electrons. The molecule has 2 rings (SSSR count). The SMILES string of the molecule is CCN(c1ccc(F)cc1)C(CN)c1cnn(CC)c1. The van der Waals surface area contributed by atoms with Gasteiger partial charge in [-0.05, 0) is 38.1 Å². The number of nitrogens with zero attached hydrogens (tertiary/aromatic N) is 3. The van der Waals surface area contributed by atoms with Crippen molar-refractivity contribution in [2.75, 3.05) is 18.0 Å². The van der Waals surface area contributed by atoms with Gasteiger partial charge in [-0.25, -0.2) is 4.39 Å². The van der Waals surface area contributed by atoms with Crippen molar-refractivity contribution in [3.8, 4) is 0 Å². The first-order valence-electron chi connectivity index (χ1n) is 6.94. The first-order chi connectivity index (χ1) is 9.69. The van der Waals surface area contributed by atoms with E-state index in [9.17, 15) is 4.39 Å². The summed E-state index contributed by atoms with van der Waals surface area (Å²) >= 11 is 0. The Hall–Kier alpha value is -1.88. The summed E-state index contributed by atoms with van der Waals surface area (Å²) < 4.78 is 14.9. The summed E-state index contributed by atoms with van der Waals surface area (Å²) in [6.07, 6.45) is 3.87. The molecule has 2 N–H and O–H groups in total. The smallest absolute Gasteiger partial charge is 0.123 e. The molecule has 0 saturated carbocycles. The van der Waals surface area contributed by atoms with Crippen molar-refractivity contribution in [3.63, 3.8) is 0 Å². The number of hydrogen-bond donors (Lipinski definition) is 1. The molecule has 1 heterocycles. The Kier molecular flexibility index (Phi) is 4.74. The second-order valence-electron chi connectivity index (χ2n) is 4.64. The molecule has 0 spiro atoms. The molecule has 0 aliphatic carbocycles. The first-order valence-corrected chi connectivity index (χ1v) is 6.94. The fourth-order valence-electron chi connectivity index (χ4n) is 2.38. The number of aromatic nitrogens is 2. The normalized spacial score (nSPS) is 12.4. The van der Waals surface area contributed by atoms with Crippen molar-refractivity contribution in [1.82, 2.24) is 9.78 Å². The minimum atomic E-state index is -0.229. The van der Waals surface area contributed by atoms with E-state index < -0.39 is 0 Å². The van der Waals surface area contributed by atoms with Crippen LogP contribution < -0.4 is 10.6 Å². The molecule has 1 unspecified atom stereocenters. The number of likely N-dealkylation sites (N-methyl/N-ethyl adjacent to an activating group) is 1. The Morgan fingerprint density at radius 1 is 1.30 bits per heavy atom.